The number of rotatable bonds is 7. The SMILES string of the molecule is Cc1ccccc1CN(C)C(=O)CSCC(=O)Nc1ccc(F)cc1. The highest BCUT2D eigenvalue weighted by molar-refractivity contribution is 8.00. The topological polar surface area (TPSA) is 49.4 Å². The molecule has 2 aromatic carbocycles. The third-order valence-corrected chi connectivity index (χ3v) is 4.60. The van der Waals surface area contributed by atoms with Crippen molar-refractivity contribution in [2.24, 2.45) is 0 Å². The third kappa shape index (κ3) is 6.23. The fraction of sp³-hybridized carbons (Fsp3) is 0.263. The van der Waals surface area contributed by atoms with E-state index in [9.17, 15) is 14.0 Å². The van der Waals surface area contributed by atoms with Crippen LogP contribution in [0.2, 0.25) is 0 Å². The van der Waals surface area contributed by atoms with Crippen LogP contribution in [0, 0.1) is 12.7 Å². The van der Waals surface area contributed by atoms with Crippen LogP contribution in [0.3, 0.4) is 0 Å². The summed E-state index contributed by atoms with van der Waals surface area (Å²) in [5, 5.41) is 2.67. The Bertz CT molecular complexity index is 734. The molecule has 0 heterocycles. The van der Waals surface area contributed by atoms with Gasteiger partial charge in [0.2, 0.25) is 11.8 Å². The van der Waals surface area contributed by atoms with Crippen LogP contribution in [-0.4, -0.2) is 35.3 Å². The first-order valence-electron chi connectivity index (χ1n) is 7.87. The van der Waals surface area contributed by atoms with E-state index >= 15 is 0 Å². The number of nitrogens with zero attached hydrogens (tertiary/aromatic N) is 1. The van der Waals surface area contributed by atoms with Crippen molar-refractivity contribution in [3.63, 3.8) is 0 Å². The summed E-state index contributed by atoms with van der Waals surface area (Å²) in [6.07, 6.45) is 0. The minimum Gasteiger partial charge on any atom is -0.341 e. The first kappa shape index (κ1) is 19.0. The Morgan fingerprint density at radius 3 is 2.44 bits per heavy atom. The summed E-state index contributed by atoms with van der Waals surface area (Å²) in [4.78, 5) is 25.7. The van der Waals surface area contributed by atoms with Gasteiger partial charge in [0.25, 0.3) is 0 Å². The van der Waals surface area contributed by atoms with Gasteiger partial charge in [-0.15, -0.1) is 11.8 Å². The van der Waals surface area contributed by atoms with Crippen LogP contribution in [0.5, 0.6) is 0 Å². The number of benzene rings is 2. The highest BCUT2D eigenvalue weighted by Gasteiger charge is 2.12. The quantitative estimate of drug-likeness (QED) is 0.823. The second kappa shape index (κ2) is 9.22. The van der Waals surface area contributed by atoms with Gasteiger partial charge in [0.15, 0.2) is 0 Å². The summed E-state index contributed by atoms with van der Waals surface area (Å²) >= 11 is 1.26. The molecule has 0 spiro atoms. The fourth-order valence-electron chi connectivity index (χ4n) is 2.20. The Morgan fingerprint density at radius 1 is 1.08 bits per heavy atom. The fourth-order valence-corrected chi connectivity index (χ4v) is 2.96. The van der Waals surface area contributed by atoms with E-state index < -0.39 is 0 Å². The molecule has 2 aromatic rings. The summed E-state index contributed by atoms with van der Waals surface area (Å²) in [5.74, 6) is -0.191. The van der Waals surface area contributed by atoms with Gasteiger partial charge in [-0.25, -0.2) is 4.39 Å². The van der Waals surface area contributed by atoms with Gasteiger partial charge >= 0.3 is 0 Å². The number of nitrogens with one attached hydrogen (secondary N) is 1. The molecule has 0 saturated carbocycles. The number of anilines is 1. The maximum atomic E-state index is 12.8. The Kier molecular flexibility index (Phi) is 7.01. The average Bonchev–Trinajstić information content (AvgIpc) is 2.59. The number of thioether (sulfide) groups is 1. The second-order valence-corrected chi connectivity index (χ2v) is 6.71. The van der Waals surface area contributed by atoms with Gasteiger partial charge in [0.05, 0.1) is 11.5 Å². The summed E-state index contributed by atoms with van der Waals surface area (Å²) in [6, 6.07) is 13.5. The standard InChI is InChI=1S/C19H21FN2O2S/c1-14-5-3-4-6-15(14)11-22(2)19(24)13-25-12-18(23)21-17-9-7-16(20)8-10-17/h3-10H,11-13H2,1-2H3,(H,21,23). The Hall–Kier alpha value is -2.34. The highest BCUT2D eigenvalue weighted by Crippen LogP contribution is 2.12. The molecule has 0 aliphatic heterocycles. The number of aryl methyl sites for hydroxylation is 1. The Labute approximate surface area is 151 Å². The van der Waals surface area contributed by atoms with Gasteiger partial charge in [-0.1, -0.05) is 24.3 Å². The minimum absolute atomic E-state index is 0.0252. The van der Waals surface area contributed by atoms with Crippen LogP contribution >= 0.6 is 11.8 Å². The van der Waals surface area contributed by atoms with E-state index in [2.05, 4.69) is 5.32 Å². The predicted molar refractivity (Wildman–Crippen MR) is 100 cm³/mol. The van der Waals surface area contributed by atoms with E-state index in [1.165, 1.54) is 36.0 Å². The number of hydrogen-bond acceptors (Lipinski definition) is 3. The van der Waals surface area contributed by atoms with E-state index in [1.807, 2.05) is 31.2 Å². The summed E-state index contributed by atoms with van der Waals surface area (Å²) in [5.41, 5.74) is 2.79. The summed E-state index contributed by atoms with van der Waals surface area (Å²) in [6.45, 7) is 2.57. The highest BCUT2D eigenvalue weighted by atomic mass is 32.2. The lowest BCUT2D eigenvalue weighted by Gasteiger charge is -2.18. The first-order chi connectivity index (χ1) is 12.0. The first-order valence-corrected chi connectivity index (χ1v) is 9.03. The van der Waals surface area contributed by atoms with E-state index in [0.29, 0.717) is 12.2 Å². The van der Waals surface area contributed by atoms with Gasteiger partial charge in [0, 0.05) is 19.3 Å². The molecule has 0 fully saturated rings. The summed E-state index contributed by atoms with van der Waals surface area (Å²) in [7, 11) is 1.76. The molecule has 0 bridgehead atoms. The molecule has 6 heteroatoms. The zero-order chi connectivity index (χ0) is 18.2. The molecular formula is C19H21FN2O2S. The molecule has 4 nitrogen and oxygen atoms in total. The molecular weight excluding hydrogens is 339 g/mol. The average molecular weight is 360 g/mol. The zero-order valence-electron chi connectivity index (χ0n) is 14.3. The molecule has 0 aliphatic rings. The van der Waals surface area contributed by atoms with Gasteiger partial charge in [-0.05, 0) is 42.3 Å². The van der Waals surface area contributed by atoms with Crippen molar-refractivity contribution in [1.82, 2.24) is 4.90 Å². The minimum atomic E-state index is -0.352. The molecule has 25 heavy (non-hydrogen) atoms. The van der Waals surface area contributed by atoms with Crippen molar-refractivity contribution in [2.75, 3.05) is 23.9 Å². The van der Waals surface area contributed by atoms with Gasteiger partial charge < -0.3 is 10.2 Å². The largest absolute Gasteiger partial charge is 0.341 e. The molecule has 0 aromatic heterocycles. The lowest BCUT2D eigenvalue weighted by molar-refractivity contribution is -0.127. The van der Waals surface area contributed by atoms with Crippen molar-refractivity contribution in [2.45, 2.75) is 13.5 Å². The van der Waals surface area contributed by atoms with Gasteiger partial charge in [0.1, 0.15) is 5.82 Å². The van der Waals surface area contributed by atoms with Crippen LogP contribution in [0.4, 0.5) is 10.1 Å². The molecule has 0 saturated heterocycles. The normalized spacial score (nSPS) is 10.4. The van der Waals surface area contributed by atoms with E-state index in [-0.39, 0.29) is 29.1 Å². The van der Waals surface area contributed by atoms with Gasteiger partial charge in [-0.2, -0.15) is 0 Å². The molecule has 2 rings (SSSR count). The maximum Gasteiger partial charge on any atom is 0.234 e. The number of halogens is 1. The van der Waals surface area contributed by atoms with Gasteiger partial charge in [-0.3, -0.25) is 9.59 Å². The smallest absolute Gasteiger partial charge is 0.234 e. The second-order valence-electron chi connectivity index (χ2n) is 5.72. The van der Waals surface area contributed by atoms with Crippen LogP contribution in [0.15, 0.2) is 48.5 Å². The number of carbonyl (C=O) groups excluding carboxylic acids is 2. The Morgan fingerprint density at radius 2 is 1.76 bits per heavy atom. The monoisotopic (exact) mass is 360 g/mol. The van der Waals surface area contributed by atoms with Crippen molar-refractivity contribution in [3.8, 4) is 0 Å². The van der Waals surface area contributed by atoms with E-state index in [1.54, 1.807) is 11.9 Å². The molecule has 0 atom stereocenters. The Balaban J connectivity index is 1.73. The molecule has 0 aliphatic carbocycles. The predicted octanol–water partition coefficient (Wildman–Crippen LogP) is 3.46. The lowest BCUT2D eigenvalue weighted by Crippen LogP contribution is -2.28. The molecule has 1 N–H and O–H groups in total. The van der Waals surface area contributed by atoms with E-state index in [0.717, 1.165) is 11.1 Å². The van der Waals surface area contributed by atoms with Crippen LogP contribution in [0.25, 0.3) is 0 Å². The number of hydrogen-bond donors (Lipinski definition) is 1. The van der Waals surface area contributed by atoms with Crippen LogP contribution < -0.4 is 5.32 Å². The zero-order valence-corrected chi connectivity index (χ0v) is 15.1. The maximum absolute atomic E-state index is 12.8. The molecule has 0 unspecified atom stereocenters. The van der Waals surface area contributed by atoms with Crippen LogP contribution in [-0.2, 0) is 16.1 Å². The van der Waals surface area contributed by atoms with Crippen molar-refractivity contribution in [3.05, 3.63) is 65.5 Å². The van der Waals surface area contributed by atoms with Crippen molar-refractivity contribution in [1.29, 1.82) is 0 Å². The summed E-state index contributed by atoms with van der Waals surface area (Å²) < 4.78 is 12.8. The lowest BCUT2D eigenvalue weighted by atomic mass is 10.1. The van der Waals surface area contributed by atoms with Crippen molar-refractivity contribution < 1.29 is 14.0 Å². The number of amides is 2. The molecule has 2 amide bonds. The molecule has 0 radical (unpaired) electrons. The van der Waals surface area contributed by atoms with Crippen molar-refractivity contribution >= 4 is 29.3 Å². The molecule has 132 valence electrons. The van der Waals surface area contributed by atoms with E-state index in [4.69, 9.17) is 0 Å². The number of carbonyl (C=O) groups is 2. The van der Waals surface area contributed by atoms with Crippen LogP contribution in [0.1, 0.15) is 11.1 Å². The third-order valence-electron chi connectivity index (χ3n) is 3.68.